The van der Waals surface area contributed by atoms with E-state index in [1.165, 1.54) is 0 Å². The summed E-state index contributed by atoms with van der Waals surface area (Å²) < 4.78 is 30.8. The van der Waals surface area contributed by atoms with Crippen molar-refractivity contribution >= 4 is 21.6 Å². The molecule has 146 valence electrons. The van der Waals surface area contributed by atoms with Gasteiger partial charge in [-0.2, -0.15) is 0 Å². The molecule has 1 amide bonds. The van der Waals surface area contributed by atoms with Crippen molar-refractivity contribution in [3.63, 3.8) is 0 Å². The second-order valence-electron chi connectivity index (χ2n) is 6.32. The van der Waals surface area contributed by atoms with E-state index in [2.05, 4.69) is 5.32 Å². The lowest BCUT2D eigenvalue weighted by Crippen LogP contribution is -2.41. The number of methoxy groups -OCH3 is 1. The van der Waals surface area contributed by atoms with Crippen molar-refractivity contribution in [3.8, 4) is 5.75 Å². The molecule has 2 aromatic carbocycles. The lowest BCUT2D eigenvalue weighted by atomic mass is 10.1. The number of nitrogens with one attached hydrogen (secondary N) is 1. The Morgan fingerprint density at radius 1 is 1.15 bits per heavy atom. The number of hydrogen-bond acceptors (Lipinski definition) is 4. The fraction of sp³-hybridized carbons (Fsp3) is 0.350. The van der Waals surface area contributed by atoms with Gasteiger partial charge in [0.2, 0.25) is 15.9 Å². The van der Waals surface area contributed by atoms with Crippen LogP contribution in [0.4, 0.5) is 5.69 Å². The van der Waals surface area contributed by atoms with Crippen molar-refractivity contribution in [2.24, 2.45) is 0 Å². The molecule has 0 aromatic heterocycles. The zero-order valence-corrected chi connectivity index (χ0v) is 16.9. The molecule has 1 atom stereocenters. The molecule has 2 aromatic rings. The molecule has 6 nitrogen and oxygen atoms in total. The van der Waals surface area contributed by atoms with E-state index in [-0.39, 0.29) is 12.6 Å². The van der Waals surface area contributed by atoms with Crippen LogP contribution in [0.25, 0.3) is 0 Å². The second kappa shape index (κ2) is 8.90. The summed E-state index contributed by atoms with van der Waals surface area (Å²) in [6.45, 7) is 3.57. The fourth-order valence-electron chi connectivity index (χ4n) is 2.82. The summed E-state index contributed by atoms with van der Waals surface area (Å²) in [6, 6.07) is 14.2. The van der Waals surface area contributed by atoms with E-state index in [9.17, 15) is 13.2 Å². The first-order valence-corrected chi connectivity index (χ1v) is 10.6. The van der Waals surface area contributed by atoms with E-state index in [1.54, 1.807) is 19.2 Å². The third-order valence-electron chi connectivity index (χ3n) is 4.30. The molecule has 0 saturated carbocycles. The lowest BCUT2D eigenvalue weighted by Gasteiger charge is -2.24. The number of para-hydroxylation sites is 1. The van der Waals surface area contributed by atoms with Crippen LogP contribution >= 0.6 is 0 Å². The summed E-state index contributed by atoms with van der Waals surface area (Å²) in [5.41, 5.74) is 2.39. The number of anilines is 1. The van der Waals surface area contributed by atoms with Crippen molar-refractivity contribution in [1.29, 1.82) is 0 Å². The van der Waals surface area contributed by atoms with Crippen LogP contribution in [0.2, 0.25) is 0 Å². The monoisotopic (exact) mass is 390 g/mol. The molecule has 0 aliphatic heterocycles. The Balaban J connectivity index is 2.16. The van der Waals surface area contributed by atoms with Gasteiger partial charge in [-0.25, -0.2) is 8.42 Å². The first-order valence-electron chi connectivity index (χ1n) is 8.75. The Kier molecular flexibility index (Phi) is 6.85. The third kappa shape index (κ3) is 5.47. The molecule has 0 saturated heterocycles. The van der Waals surface area contributed by atoms with E-state index in [0.29, 0.717) is 11.4 Å². The minimum Gasteiger partial charge on any atom is -0.496 e. The van der Waals surface area contributed by atoms with Crippen molar-refractivity contribution in [3.05, 3.63) is 59.7 Å². The highest BCUT2D eigenvalue weighted by atomic mass is 32.2. The van der Waals surface area contributed by atoms with E-state index in [4.69, 9.17) is 4.74 Å². The molecule has 27 heavy (non-hydrogen) atoms. The highest BCUT2D eigenvalue weighted by Crippen LogP contribution is 2.24. The quantitative estimate of drug-likeness (QED) is 0.752. The molecule has 0 fully saturated rings. The fourth-order valence-corrected chi connectivity index (χ4v) is 3.67. The van der Waals surface area contributed by atoms with Gasteiger partial charge in [0.1, 0.15) is 12.3 Å². The molecule has 0 bridgehead atoms. The number of nitrogens with zero attached hydrogens (tertiary/aromatic N) is 1. The van der Waals surface area contributed by atoms with Crippen molar-refractivity contribution in [2.75, 3.05) is 24.2 Å². The summed E-state index contributed by atoms with van der Waals surface area (Å²) >= 11 is 0. The van der Waals surface area contributed by atoms with E-state index in [0.717, 1.165) is 28.1 Å². The van der Waals surface area contributed by atoms with Gasteiger partial charge in [-0.1, -0.05) is 37.3 Å². The van der Waals surface area contributed by atoms with Gasteiger partial charge in [0, 0.05) is 5.56 Å². The normalized spacial score (nSPS) is 12.3. The van der Waals surface area contributed by atoms with Crippen molar-refractivity contribution < 1.29 is 17.9 Å². The Hall–Kier alpha value is -2.54. The molecule has 0 unspecified atom stereocenters. The van der Waals surface area contributed by atoms with Gasteiger partial charge in [0.15, 0.2) is 0 Å². The minimum atomic E-state index is -3.60. The smallest absolute Gasteiger partial charge is 0.241 e. The molecular weight excluding hydrogens is 364 g/mol. The molecule has 1 N–H and O–H groups in total. The van der Waals surface area contributed by atoms with Crippen LogP contribution in [0.5, 0.6) is 5.75 Å². The van der Waals surface area contributed by atoms with Gasteiger partial charge in [0.25, 0.3) is 0 Å². The average Bonchev–Trinajstić information content (AvgIpc) is 2.65. The number of ether oxygens (including phenoxy) is 1. The van der Waals surface area contributed by atoms with Crippen molar-refractivity contribution in [2.45, 2.75) is 26.3 Å². The number of carbonyl (C=O) groups excluding carboxylic acids is 1. The Labute approximate surface area is 161 Å². The highest BCUT2D eigenvalue weighted by Gasteiger charge is 2.22. The maximum atomic E-state index is 12.5. The molecule has 7 heteroatoms. The summed E-state index contributed by atoms with van der Waals surface area (Å²) in [4.78, 5) is 12.5. The summed E-state index contributed by atoms with van der Waals surface area (Å²) in [5.74, 6) is 0.277. The Morgan fingerprint density at radius 2 is 1.78 bits per heavy atom. The van der Waals surface area contributed by atoms with Crippen molar-refractivity contribution in [1.82, 2.24) is 5.32 Å². The number of amides is 1. The van der Waals surface area contributed by atoms with Crippen LogP contribution in [0.1, 0.15) is 31.0 Å². The Morgan fingerprint density at radius 3 is 2.33 bits per heavy atom. The predicted octanol–water partition coefficient (Wildman–Crippen LogP) is 2.90. The van der Waals surface area contributed by atoms with E-state index < -0.39 is 15.9 Å². The zero-order chi connectivity index (χ0) is 20.0. The number of carbonyl (C=O) groups is 1. The van der Waals surface area contributed by atoms with Gasteiger partial charge in [-0.15, -0.1) is 0 Å². The SMILES string of the molecule is CCc1ccc(N(CC(=O)N[C@@H](C)c2ccccc2OC)S(C)(=O)=O)cc1. The Bertz CT molecular complexity index is 879. The second-order valence-corrected chi connectivity index (χ2v) is 8.23. The maximum absolute atomic E-state index is 12.5. The number of sulfonamides is 1. The largest absolute Gasteiger partial charge is 0.496 e. The van der Waals surface area contributed by atoms with Gasteiger partial charge in [0.05, 0.1) is 25.1 Å². The topological polar surface area (TPSA) is 75.7 Å². The number of benzene rings is 2. The summed E-state index contributed by atoms with van der Waals surface area (Å²) in [6.07, 6.45) is 1.95. The van der Waals surface area contributed by atoms with Gasteiger partial charge >= 0.3 is 0 Å². The first-order chi connectivity index (χ1) is 12.8. The number of hydrogen-bond donors (Lipinski definition) is 1. The van der Waals surface area contributed by atoms with Crippen LogP contribution < -0.4 is 14.4 Å². The van der Waals surface area contributed by atoms with Crippen LogP contribution in [0.15, 0.2) is 48.5 Å². The first kappa shape index (κ1) is 20.8. The summed E-state index contributed by atoms with van der Waals surface area (Å²) in [7, 11) is -2.03. The van der Waals surface area contributed by atoms with Crippen LogP contribution in [0.3, 0.4) is 0 Å². The molecule has 0 spiro atoms. The molecular formula is C20H26N2O4S. The molecule has 0 heterocycles. The molecule has 2 rings (SSSR count). The molecule has 0 aliphatic carbocycles. The molecule has 0 aliphatic rings. The van der Waals surface area contributed by atoms with Crippen LogP contribution in [-0.2, 0) is 21.2 Å². The average molecular weight is 391 g/mol. The standard InChI is InChI=1S/C20H26N2O4S/c1-5-16-10-12-17(13-11-16)22(27(4,24)25)14-20(23)21-15(2)18-8-6-7-9-19(18)26-3/h6-13,15H,5,14H2,1-4H3,(H,21,23)/t15-/m0/s1. The van der Waals surface area contributed by atoms with Gasteiger partial charge in [-0.3, -0.25) is 9.10 Å². The minimum absolute atomic E-state index is 0.288. The summed E-state index contributed by atoms with van der Waals surface area (Å²) in [5, 5.41) is 2.84. The maximum Gasteiger partial charge on any atom is 0.241 e. The third-order valence-corrected chi connectivity index (χ3v) is 5.44. The van der Waals surface area contributed by atoms with Gasteiger partial charge in [-0.05, 0) is 37.1 Å². The van der Waals surface area contributed by atoms with Crippen LogP contribution in [0, 0.1) is 0 Å². The number of rotatable bonds is 8. The molecule has 0 radical (unpaired) electrons. The van der Waals surface area contributed by atoms with E-state index >= 15 is 0 Å². The highest BCUT2D eigenvalue weighted by molar-refractivity contribution is 7.92. The van der Waals surface area contributed by atoms with Gasteiger partial charge < -0.3 is 10.1 Å². The zero-order valence-electron chi connectivity index (χ0n) is 16.1. The van der Waals surface area contributed by atoms with Crippen LogP contribution in [-0.4, -0.2) is 34.2 Å². The number of aryl methyl sites for hydroxylation is 1. The predicted molar refractivity (Wildman–Crippen MR) is 108 cm³/mol. The van der Waals surface area contributed by atoms with E-state index in [1.807, 2.05) is 50.2 Å². The lowest BCUT2D eigenvalue weighted by molar-refractivity contribution is -0.120.